The van der Waals surface area contributed by atoms with E-state index in [1.165, 1.54) is 0 Å². The van der Waals surface area contributed by atoms with Crippen LogP contribution in [0.4, 0.5) is 5.69 Å². The Labute approximate surface area is 196 Å². The van der Waals surface area contributed by atoms with E-state index >= 15 is 0 Å². The molecule has 1 heterocycles. The number of carbonyl (C=O) groups is 2. The Morgan fingerprint density at radius 2 is 1.52 bits per heavy atom. The van der Waals surface area contributed by atoms with Crippen molar-refractivity contribution in [2.45, 2.75) is 6.54 Å². The highest BCUT2D eigenvalue weighted by molar-refractivity contribution is 7.80. The molecular weight excluding hydrogens is 434 g/mol. The van der Waals surface area contributed by atoms with Crippen LogP contribution in [0.3, 0.4) is 0 Å². The van der Waals surface area contributed by atoms with Crippen LogP contribution in [0.5, 0.6) is 0 Å². The van der Waals surface area contributed by atoms with E-state index in [1.54, 1.807) is 54.8 Å². The molecule has 0 saturated heterocycles. The molecule has 2 amide bonds. The maximum atomic E-state index is 12.6. The van der Waals surface area contributed by atoms with Crippen LogP contribution in [0, 0.1) is 0 Å². The summed E-state index contributed by atoms with van der Waals surface area (Å²) in [6, 6.07) is 27.6. The first kappa shape index (κ1) is 22.0. The Bertz CT molecular complexity index is 1250. The van der Waals surface area contributed by atoms with Gasteiger partial charge in [-0.25, -0.2) is 0 Å². The Morgan fingerprint density at radius 3 is 2.24 bits per heavy atom. The molecule has 6 nitrogen and oxygen atoms in total. The fourth-order valence-corrected chi connectivity index (χ4v) is 3.41. The van der Waals surface area contributed by atoms with Crippen LogP contribution < -0.4 is 16.0 Å². The van der Waals surface area contributed by atoms with E-state index in [0.29, 0.717) is 29.1 Å². The molecule has 0 saturated carbocycles. The van der Waals surface area contributed by atoms with Crippen LogP contribution in [-0.2, 0) is 6.54 Å². The van der Waals surface area contributed by atoms with Gasteiger partial charge in [0.1, 0.15) is 5.76 Å². The zero-order valence-electron chi connectivity index (χ0n) is 17.6. The first-order valence-electron chi connectivity index (χ1n) is 10.3. The highest BCUT2D eigenvalue weighted by Gasteiger charge is 2.11. The number of hydrogen-bond donors (Lipinski definition) is 3. The molecule has 7 heteroatoms. The Kier molecular flexibility index (Phi) is 6.92. The van der Waals surface area contributed by atoms with E-state index in [4.69, 9.17) is 16.6 Å². The number of hydrogen-bond acceptors (Lipinski definition) is 4. The molecule has 0 bridgehead atoms. The molecule has 0 atom stereocenters. The summed E-state index contributed by atoms with van der Waals surface area (Å²) >= 11 is 5.27. The van der Waals surface area contributed by atoms with E-state index in [0.717, 1.165) is 11.1 Å². The normalized spacial score (nSPS) is 10.3. The lowest BCUT2D eigenvalue weighted by molar-refractivity contribution is 0.0946. The fourth-order valence-electron chi connectivity index (χ4n) is 3.20. The largest absolute Gasteiger partial charge is 0.467 e. The molecule has 4 aromatic rings. The van der Waals surface area contributed by atoms with Gasteiger partial charge in [-0.2, -0.15) is 0 Å². The zero-order chi connectivity index (χ0) is 23.0. The average molecular weight is 456 g/mol. The monoisotopic (exact) mass is 455 g/mol. The van der Waals surface area contributed by atoms with Crippen molar-refractivity contribution in [3.8, 4) is 11.1 Å². The van der Waals surface area contributed by atoms with Gasteiger partial charge in [-0.3, -0.25) is 14.9 Å². The van der Waals surface area contributed by atoms with Crippen LogP contribution in [0.1, 0.15) is 26.5 Å². The van der Waals surface area contributed by atoms with Crippen molar-refractivity contribution in [1.82, 2.24) is 10.6 Å². The van der Waals surface area contributed by atoms with Crippen LogP contribution in [0.25, 0.3) is 11.1 Å². The number of amides is 2. The summed E-state index contributed by atoms with van der Waals surface area (Å²) in [7, 11) is 0. The van der Waals surface area contributed by atoms with Crippen LogP contribution in [-0.4, -0.2) is 16.9 Å². The van der Waals surface area contributed by atoms with Gasteiger partial charge in [-0.1, -0.05) is 48.5 Å². The van der Waals surface area contributed by atoms with E-state index in [-0.39, 0.29) is 16.9 Å². The lowest BCUT2D eigenvalue weighted by Gasteiger charge is -2.11. The second-order valence-corrected chi connectivity index (χ2v) is 7.60. The first-order chi connectivity index (χ1) is 16.1. The predicted octanol–water partition coefficient (Wildman–Crippen LogP) is 5.00. The minimum absolute atomic E-state index is 0.139. The summed E-state index contributed by atoms with van der Waals surface area (Å²) in [5.74, 6) is 0.0984. The first-order valence-corrected chi connectivity index (χ1v) is 10.7. The summed E-state index contributed by atoms with van der Waals surface area (Å²) in [5, 5.41) is 8.54. The lowest BCUT2D eigenvalue weighted by Crippen LogP contribution is -2.34. The highest BCUT2D eigenvalue weighted by atomic mass is 32.1. The SMILES string of the molecule is O=C(NCc1ccco1)c1cccc(NC(=S)NC(=O)c2ccc(-c3ccccc3)cc2)c1. The number of anilines is 1. The maximum absolute atomic E-state index is 12.6. The van der Waals surface area contributed by atoms with Crippen LogP contribution in [0.2, 0.25) is 0 Å². The van der Waals surface area contributed by atoms with Crippen molar-refractivity contribution >= 4 is 34.8 Å². The molecule has 4 rings (SSSR count). The number of benzene rings is 3. The third-order valence-electron chi connectivity index (χ3n) is 4.87. The minimum Gasteiger partial charge on any atom is -0.467 e. The number of thiocarbonyl (C=S) groups is 1. The number of furan rings is 1. The van der Waals surface area contributed by atoms with E-state index in [2.05, 4.69) is 16.0 Å². The van der Waals surface area contributed by atoms with Gasteiger partial charge in [-0.05, 0) is 65.8 Å². The summed E-state index contributed by atoms with van der Waals surface area (Å²) < 4.78 is 5.21. The topological polar surface area (TPSA) is 83.4 Å². The molecule has 33 heavy (non-hydrogen) atoms. The Balaban J connectivity index is 1.33. The standard InChI is InChI=1S/C26H21N3O3S/c30-24(27-17-23-10-5-15-32-23)21-8-4-9-22(16-21)28-26(33)29-25(31)20-13-11-19(12-14-20)18-6-2-1-3-7-18/h1-16H,17H2,(H,27,30)(H2,28,29,31,33). The number of carbonyl (C=O) groups excluding carboxylic acids is 2. The average Bonchev–Trinajstić information content (AvgIpc) is 3.37. The molecule has 3 N–H and O–H groups in total. The van der Waals surface area contributed by atoms with Crippen molar-refractivity contribution in [2.75, 3.05) is 5.32 Å². The zero-order valence-corrected chi connectivity index (χ0v) is 18.4. The summed E-state index contributed by atoms with van der Waals surface area (Å²) in [6.45, 7) is 0.293. The summed E-state index contributed by atoms with van der Waals surface area (Å²) in [6.07, 6.45) is 1.55. The molecule has 0 fully saturated rings. The van der Waals surface area contributed by atoms with Crippen molar-refractivity contribution in [1.29, 1.82) is 0 Å². The molecule has 0 spiro atoms. The molecular formula is C26H21N3O3S. The quantitative estimate of drug-likeness (QED) is 0.356. The molecule has 3 aromatic carbocycles. The third kappa shape index (κ3) is 5.93. The molecule has 0 radical (unpaired) electrons. The van der Waals surface area contributed by atoms with Gasteiger partial charge in [0.2, 0.25) is 0 Å². The van der Waals surface area contributed by atoms with Crippen molar-refractivity contribution in [3.05, 3.63) is 114 Å². The number of nitrogens with one attached hydrogen (secondary N) is 3. The van der Waals surface area contributed by atoms with E-state index < -0.39 is 0 Å². The van der Waals surface area contributed by atoms with Gasteiger partial charge < -0.3 is 15.1 Å². The molecule has 0 aliphatic heterocycles. The van der Waals surface area contributed by atoms with Gasteiger partial charge in [0.15, 0.2) is 5.11 Å². The van der Waals surface area contributed by atoms with Crippen molar-refractivity contribution in [3.63, 3.8) is 0 Å². The minimum atomic E-state index is -0.320. The predicted molar refractivity (Wildman–Crippen MR) is 132 cm³/mol. The second-order valence-electron chi connectivity index (χ2n) is 7.19. The Hall–Kier alpha value is -4.23. The molecule has 0 unspecified atom stereocenters. The smallest absolute Gasteiger partial charge is 0.257 e. The summed E-state index contributed by atoms with van der Waals surface area (Å²) in [4.78, 5) is 24.9. The highest BCUT2D eigenvalue weighted by Crippen LogP contribution is 2.19. The second kappa shape index (κ2) is 10.4. The van der Waals surface area contributed by atoms with Gasteiger partial charge in [0.25, 0.3) is 11.8 Å². The van der Waals surface area contributed by atoms with Gasteiger partial charge >= 0.3 is 0 Å². The molecule has 1 aromatic heterocycles. The van der Waals surface area contributed by atoms with E-state index in [1.807, 2.05) is 42.5 Å². The van der Waals surface area contributed by atoms with Gasteiger partial charge in [0, 0.05) is 16.8 Å². The lowest BCUT2D eigenvalue weighted by atomic mass is 10.0. The van der Waals surface area contributed by atoms with Gasteiger partial charge in [0.05, 0.1) is 12.8 Å². The van der Waals surface area contributed by atoms with E-state index in [9.17, 15) is 9.59 Å². The van der Waals surface area contributed by atoms with Crippen molar-refractivity contribution < 1.29 is 14.0 Å². The molecule has 0 aliphatic rings. The fraction of sp³-hybridized carbons (Fsp3) is 0.0385. The van der Waals surface area contributed by atoms with Crippen molar-refractivity contribution in [2.24, 2.45) is 0 Å². The molecule has 0 aliphatic carbocycles. The van der Waals surface area contributed by atoms with Crippen LogP contribution >= 0.6 is 12.2 Å². The van der Waals surface area contributed by atoms with Gasteiger partial charge in [-0.15, -0.1) is 0 Å². The maximum Gasteiger partial charge on any atom is 0.257 e. The van der Waals surface area contributed by atoms with Crippen LogP contribution in [0.15, 0.2) is 102 Å². The number of rotatable bonds is 6. The third-order valence-corrected chi connectivity index (χ3v) is 5.07. The summed E-state index contributed by atoms with van der Waals surface area (Å²) in [5.41, 5.74) is 3.64. The molecule has 164 valence electrons. The Morgan fingerprint density at radius 1 is 0.758 bits per heavy atom.